The van der Waals surface area contributed by atoms with E-state index in [-0.39, 0.29) is 11.3 Å². The summed E-state index contributed by atoms with van der Waals surface area (Å²) in [5, 5.41) is 11.5. The number of nitrogens with zero attached hydrogens (tertiary/aromatic N) is 2. The van der Waals surface area contributed by atoms with Crippen LogP contribution >= 0.6 is 0 Å². The molecule has 7 nitrogen and oxygen atoms in total. The number of benzene rings is 2. The lowest BCUT2D eigenvalue weighted by molar-refractivity contribution is -0.132. The molecule has 0 radical (unpaired) electrons. The van der Waals surface area contributed by atoms with E-state index < -0.39 is 17.7 Å². The van der Waals surface area contributed by atoms with E-state index in [0.29, 0.717) is 41.5 Å². The Labute approximate surface area is 204 Å². The number of ether oxygens (including phenoxy) is 2. The largest absolute Gasteiger partial charge is 0.507 e. The minimum atomic E-state index is -0.833. The predicted molar refractivity (Wildman–Crippen MR) is 134 cm³/mol. The quantitative estimate of drug-likeness (QED) is 0.292. The standard InChI is InChI=1S/C28H28N2O5/c1-5-34-21-7-8-22(23(16-21)35-6-2)26(31)24-25(19-9-11-29-12-10-19)30(28(33)27(24)32)20-14-17(3)13-18(4)15-20/h7-16,25,31H,5-6H2,1-4H3/b26-24-. The lowest BCUT2D eigenvalue weighted by atomic mass is 9.95. The first kappa shape index (κ1) is 24.0. The maximum atomic E-state index is 13.4. The zero-order valence-electron chi connectivity index (χ0n) is 20.2. The Balaban J connectivity index is 1.95. The number of aryl methyl sites for hydroxylation is 2. The van der Waals surface area contributed by atoms with Crippen LogP contribution in [-0.4, -0.2) is 35.0 Å². The van der Waals surface area contributed by atoms with Gasteiger partial charge in [0.15, 0.2) is 0 Å². The number of aliphatic hydroxyl groups excluding tert-OH is 1. The van der Waals surface area contributed by atoms with Gasteiger partial charge in [-0.2, -0.15) is 0 Å². The zero-order chi connectivity index (χ0) is 25.1. The fourth-order valence-corrected chi connectivity index (χ4v) is 4.42. The van der Waals surface area contributed by atoms with Crippen molar-refractivity contribution in [2.45, 2.75) is 33.7 Å². The number of carbonyl (C=O) groups excluding carboxylic acids is 2. The highest BCUT2D eigenvalue weighted by molar-refractivity contribution is 6.51. The second-order valence-electron chi connectivity index (χ2n) is 8.32. The average Bonchev–Trinajstić information content (AvgIpc) is 3.10. The van der Waals surface area contributed by atoms with E-state index in [1.165, 1.54) is 4.90 Å². The number of rotatable bonds is 7. The van der Waals surface area contributed by atoms with Crippen LogP contribution < -0.4 is 14.4 Å². The number of pyridine rings is 1. The summed E-state index contributed by atoms with van der Waals surface area (Å²) >= 11 is 0. The third-order valence-electron chi connectivity index (χ3n) is 5.77. The molecule has 7 heteroatoms. The van der Waals surface area contributed by atoms with Crippen molar-refractivity contribution in [2.24, 2.45) is 0 Å². The van der Waals surface area contributed by atoms with Crippen LogP contribution in [-0.2, 0) is 9.59 Å². The number of hydrogen-bond donors (Lipinski definition) is 1. The summed E-state index contributed by atoms with van der Waals surface area (Å²) in [4.78, 5) is 32.3. The molecule has 0 aliphatic carbocycles. The van der Waals surface area contributed by atoms with Gasteiger partial charge in [-0.25, -0.2) is 0 Å². The highest BCUT2D eigenvalue weighted by Crippen LogP contribution is 2.44. The van der Waals surface area contributed by atoms with Crippen LogP contribution in [0.1, 0.15) is 42.1 Å². The van der Waals surface area contributed by atoms with Crippen molar-refractivity contribution < 1.29 is 24.2 Å². The van der Waals surface area contributed by atoms with E-state index in [2.05, 4.69) is 4.98 Å². The maximum Gasteiger partial charge on any atom is 0.300 e. The first-order valence-corrected chi connectivity index (χ1v) is 11.5. The minimum Gasteiger partial charge on any atom is -0.507 e. The monoisotopic (exact) mass is 472 g/mol. The van der Waals surface area contributed by atoms with Crippen molar-refractivity contribution in [2.75, 3.05) is 18.1 Å². The van der Waals surface area contributed by atoms with Gasteiger partial charge in [-0.1, -0.05) is 6.07 Å². The molecule has 4 rings (SSSR count). The van der Waals surface area contributed by atoms with Gasteiger partial charge in [-0.15, -0.1) is 0 Å². The van der Waals surface area contributed by atoms with E-state index in [0.717, 1.165) is 11.1 Å². The van der Waals surface area contributed by atoms with E-state index in [1.54, 1.807) is 42.7 Å². The van der Waals surface area contributed by atoms with Gasteiger partial charge in [-0.05, 0) is 80.8 Å². The Kier molecular flexibility index (Phi) is 6.87. The van der Waals surface area contributed by atoms with Crippen molar-refractivity contribution >= 4 is 23.1 Å². The summed E-state index contributed by atoms with van der Waals surface area (Å²) in [6.07, 6.45) is 3.19. The van der Waals surface area contributed by atoms with Crippen LogP contribution in [0.3, 0.4) is 0 Å². The highest BCUT2D eigenvalue weighted by atomic mass is 16.5. The fraction of sp³-hybridized carbons (Fsp3) is 0.250. The topological polar surface area (TPSA) is 89.0 Å². The van der Waals surface area contributed by atoms with Crippen LogP contribution in [0, 0.1) is 13.8 Å². The summed E-state index contributed by atoms with van der Waals surface area (Å²) in [6, 6.07) is 13.4. The van der Waals surface area contributed by atoms with Crippen molar-refractivity contribution in [3.05, 3.63) is 88.8 Å². The van der Waals surface area contributed by atoms with Crippen molar-refractivity contribution in [1.82, 2.24) is 4.98 Å². The molecule has 2 heterocycles. The molecule has 180 valence electrons. The Bertz CT molecular complexity index is 1280. The van der Waals surface area contributed by atoms with Crippen LogP contribution in [0.2, 0.25) is 0 Å². The maximum absolute atomic E-state index is 13.4. The molecule has 35 heavy (non-hydrogen) atoms. The molecular formula is C28H28N2O5. The van der Waals surface area contributed by atoms with Gasteiger partial charge in [0.2, 0.25) is 0 Å². The number of hydrogen-bond acceptors (Lipinski definition) is 6. The molecular weight excluding hydrogens is 444 g/mol. The van der Waals surface area contributed by atoms with Gasteiger partial charge >= 0.3 is 0 Å². The number of carbonyl (C=O) groups is 2. The fourth-order valence-electron chi connectivity index (χ4n) is 4.42. The first-order chi connectivity index (χ1) is 16.8. The van der Waals surface area contributed by atoms with Gasteiger partial charge in [0, 0.05) is 24.1 Å². The molecule has 1 aromatic heterocycles. The Morgan fingerprint density at radius 3 is 2.23 bits per heavy atom. The normalized spacial score (nSPS) is 17.0. The lowest BCUT2D eigenvalue weighted by Crippen LogP contribution is -2.29. The third-order valence-corrected chi connectivity index (χ3v) is 5.77. The Morgan fingerprint density at radius 2 is 1.60 bits per heavy atom. The van der Waals surface area contributed by atoms with E-state index in [1.807, 2.05) is 45.9 Å². The van der Waals surface area contributed by atoms with Crippen LogP contribution in [0.4, 0.5) is 5.69 Å². The molecule has 1 saturated heterocycles. The number of anilines is 1. The summed E-state index contributed by atoms with van der Waals surface area (Å²) in [5.41, 5.74) is 3.46. The van der Waals surface area contributed by atoms with Gasteiger partial charge in [0.1, 0.15) is 17.3 Å². The predicted octanol–water partition coefficient (Wildman–Crippen LogP) is 5.12. The number of aliphatic hydroxyl groups is 1. The van der Waals surface area contributed by atoms with Gasteiger partial charge < -0.3 is 14.6 Å². The Hall–Kier alpha value is -4.13. The van der Waals surface area contributed by atoms with Gasteiger partial charge in [0.25, 0.3) is 11.7 Å². The lowest BCUT2D eigenvalue weighted by Gasteiger charge is -2.26. The number of ketones is 1. The molecule has 0 bridgehead atoms. The van der Waals surface area contributed by atoms with Crippen LogP contribution in [0.25, 0.3) is 5.76 Å². The molecule has 1 unspecified atom stereocenters. The van der Waals surface area contributed by atoms with Crippen LogP contribution in [0.5, 0.6) is 11.5 Å². The molecule has 1 aliphatic rings. The van der Waals surface area contributed by atoms with Crippen LogP contribution in [0.15, 0.2) is 66.5 Å². The van der Waals surface area contributed by atoms with Crippen molar-refractivity contribution in [1.29, 1.82) is 0 Å². The van der Waals surface area contributed by atoms with E-state index in [9.17, 15) is 14.7 Å². The minimum absolute atomic E-state index is 0.00882. The average molecular weight is 473 g/mol. The summed E-state index contributed by atoms with van der Waals surface area (Å²) in [6.45, 7) is 8.39. The summed E-state index contributed by atoms with van der Waals surface area (Å²) < 4.78 is 11.3. The molecule has 1 aliphatic heterocycles. The molecule has 1 fully saturated rings. The number of Topliss-reactive ketones (excluding diaryl/α,β-unsaturated/α-hetero) is 1. The highest BCUT2D eigenvalue weighted by Gasteiger charge is 2.47. The molecule has 1 amide bonds. The molecule has 0 spiro atoms. The van der Waals surface area contributed by atoms with E-state index >= 15 is 0 Å². The van der Waals surface area contributed by atoms with Crippen molar-refractivity contribution in [3.8, 4) is 11.5 Å². The Morgan fingerprint density at radius 1 is 0.943 bits per heavy atom. The summed E-state index contributed by atoms with van der Waals surface area (Å²) in [5.74, 6) is -0.832. The number of aromatic nitrogens is 1. The third kappa shape index (κ3) is 4.62. The molecule has 0 saturated carbocycles. The zero-order valence-corrected chi connectivity index (χ0v) is 20.2. The van der Waals surface area contributed by atoms with Gasteiger partial charge in [-0.3, -0.25) is 19.5 Å². The molecule has 3 aromatic rings. The second-order valence-corrected chi connectivity index (χ2v) is 8.32. The molecule has 1 atom stereocenters. The van der Waals surface area contributed by atoms with Gasteiger partial charge in [0.05, 0.1) is 30.4 Å². The second kappa shape index (κ2) is 10.0. The number of amides is 1. The molecule has 2 aromatic carbocycles. The van der Waals surface area contributed by atoms with E-state index in [4.69, 9.17) is 9.47 Å². The molecule has 1 N–H and O–H groups in total. The first-order valence-electron chi connectivity index (χ1n) is 11.5. The SMILES string of the molecule is CCOc1ccc(/C(O)=C2/C(=O)C(=O)N(c3cc(C)cc(C)c3)C2c2ccncc2)c(OCC)c1. The smallest absolute Gasteiger partial charge is 0.300 e. The summed E-state index contributed by atoms with van der Waals surface area (Å²) in [7, 11) is 0. The van der Waals surface area contributed by atoms with Crippen molar-refractivity contribution in [3.63, 3.8) is 0 Å².